The Hall–Kier alpha value is -2.37. The predicted molar refractivity (Wildman–Crippen MR) is 56.0 cm³/mol. The maximum absolute atomic E-state index is 10.5. The molecule has 0 amide bonds. The molecular formula is C10H9NO5. The molecule has 0 atom stereocenters. The monoisotopic (exact) mass is 223 g/mol. The molecule has 0 bridgehead atoms. The van der Waals surface area contributed by atoms with Crippen molar-refractivity contribution >= 4 is 17.7 Å². The first-order chi connectivity index (χ1) is 7.41. The van der Waals surface area contributed by atoms with E-state index in [1.165, 1.54) is 19.1 Å². The summed E-state index contributed by atoms with van der Waals surface area (Å²) in [6.07, 6.45) is 1.31. The molecule has 0 heterocycles. The highest BCUT2D eigenvalue weighted by Gasteiger charge is 2.12. The fraction of sp³-hybridized carbons (Fsp3) is 0.100. The number of carboxylic acid groups (broad SMARTS) is 1. The number of aromatic hydroxyl groups is 1. The molecule has 0 fully saturated rings. The van der Waals surface area contributed by atoms with Gasteiger partial charge in [-0.1, -0.05) is 0 Å². The lowest BCUT2D eigenvalue weighted by atomic mass is 10.1. The Morgan fingerprint density at radius 1 is 1.50 bits per heavy atom. The molecule has 6 heteroatoms. The third kappa shape index (κ3) is 2.57. The van der Waals surface area contributed by atoms with Gasteiger partial charge in [0.05, 0.1) is 4.92 Å². The van der Waals surface area contributed by atoms with E-state index in [0.29, 0.717) is 5.56 Å². The number of nitro groups is 1. The molecule has 0 radical (unpaired) electrons. The van der Waals surface area contributed by atoms with E-state index in [-0.39, 0.29) is 5.57 Å². The van der Waals surface area contributed by atoms with Gasteiger partial charge in [0, 0.05) is 11.6 Å². The van der Waals surface area contributed by atoms with Crippen molar-refractivity contribution in [1.29, 1.82) is 0 Å². The summed E-state index contributed by atoms with van der Waals surface area (Å²) in [4.78, 5) is 20.2. The molecular weight excluding hydrogens is 214 g/mol. The van der Waals surface area contributed by atoms with Gasteiger partial charge in [-0.15, -0.1) is 0 Å². The zero-order chi connectivity index (χ0) is 12.3. The van der Waals surface area contributed by atoms with Crippen LogP contribution in [0.4, 0.5) is 5.69 Å². The van der Waals surface area contributed by atoms with Crippen molar-refractivity contribution in [3.63, 3.8) is 0 Å². The van der Waals surface area contributed by atoms with Crippen LogP contribution >= 0.6 is 0 Å². The van der Waals surface area contributed by atoms with Crippen LogP contribution < -0.4 is 0 Å². The molecule has 0 spiro atoms. The molecule has 16 heavy (non-hydrogen) atoms. The number of hydrogen-bond donors (Lipinski definition) is 2. The van der Waals surface area contributed by atoms with Crippen molar-refractivity contribution in [3.8, 4) is 5.75 Å². The average Bonchev–Trinajstić information content (AvgIpc) is 2.16. The number of rotatable bonds is 3. The molecule has 2 N–H and O–H groups in total. The number of aliphatic carboxylic acids is 1. The first kappa shape index (κ1) is 11.7. The molecule has 0 unspecified atom stereocenters. The van der Waals surface area contributed by atoms with E-state index >= 15 is 0 Å². The first-order valence-corrected chi connectivity index (χ1v) is 4.31. The lowest BCUT2D eigenvalue weighted by Crippen LogP contribution is -1.95. The van der Waals surface area contributed by atoms with E-state index < -0.39 is 22.3 Å². The SMILES string of the molecule is C/C(=C\c1ccc([N+](=O)[O-])c(O)c1)C(=O)O. The fourth-order valence-corrected chi connectivity index (χ4v) is 1.10. The van der Waals surface area contributed by atoms with Crippen molar-refractivity contribution in [2.45, 2.75) is 6.92 Å². The van der Waals surface area contributed by atoms with Gasteiger partial charge in [-0.3, -0.25) is 10.1 Å². The van der Waals surface area contributed by atoms with E-state index in [2.05, 4.69) is 0 Å². The van der Waals surface area contributed by atoms with Crippen LogP contribution in [0, 0.1) is 10.1 Å². The van der Waals surface area contributed by atoms with Crippen LogP contribution in [-0.2, 0) is 4.79 Å². The molecule has 0 aliphatic carbocycles. The highest BCUT2D eigenvalue weighted by Crippen LogP contribution is 2.27. The van der Waals surface area contributed by atoms with Gasteiger partial charge < -0.3 is 10.2 Å². The van der Waals surface area contributed by atoms with Crippen molar-refractivity contribution in [2.75, 3.05) is 0 Å². The predicted octanol–water partition coefficient (Wildman–Crippen LogP) is 1.79. The highest BCUT2D eigenvalue weighted by molar-refractivity contribution is 5.91. The number of hydrogen-bond acceptors (Lipinski definition) is 4. The van der Waals surface area contributed by atoms with Crippen LogP contribution in [0.1, 0.15) is 12.5 Å². The zero-order valence-corrected chi connectivity index (χ0v) is 8.38. The molecule has 0 aromatic heterocycles. The Balaban J connectivity index is 3.12. The van der Waals surface area contributed by atoms with Crippen LogP contribution in [0.25, 0.3) is 6.08 Å². The summed E-state index contributed by atoms with van der Waals surface area (Å²) in [5.41, 5.74) is 0.0568. The van der Waals surface area contributed by atoms with Crippen molar-refractivity contribution < 1.29 is 19.9 Å². The summed E-state index contributed by atoms with van der Waals surface area (Å²) in [6.45, 7) is 1.39. The van der Waals surface area contributed by atoms with E-state index in [4.69, 9.17) is 5.11 Å². The fourth-order valence-electron chi connectivity index (χ4n) is 1.10. The van der Waals surface area contributed by atoms with Gasteiger partial charge in [0.15, 0.2) is 5.75 Å². The van der Waals surface area contributed by atoms with Gasteiger partial charge >= 0.3 is 11.7 Å². The second-order valence-corrected chi connectivity index (χ2v) is 3.14. The van der Waals surface area contributed by atoms with Crippen LogP contribution in [0.2, 0.25) is 0 Å². The van der Waals surface area contributed by atoms with Gasteiger partial charge in [-0.2, -0.15) is 0 Å². The number of phenols is 1. The molecule has 1 rings (SSSR count). The number of nitrogens with zero attached hydrogens (tertiary/aromatic N) is 1. The summed E-state index contributed by atoms with van der Waals surface area (Å²) < 4.78 is 0. The molecule has 0 saturated heterocycles. The molecule has 0 aliphatic heterocycles. The highest BCUT2D eigenvalue weighted by atomic mass is 16.6. The number of phenolic OH excluding ortho intramolecular Hbond substituents is 1. The number of carbonyl (C=O) groups is 1. The Bertz CT molecular complexity index is 478. The van der Waals surface area contributed by atoms with E-state index in [0.717, 1.165) is 12.1 Å². The second kappa shape index (κ2) is 4.43. The molecule has 0 saturated carbocycles. The quantitative estimate of drug-likeness (QED) is 0.462. The van der Waals surface area contributed by atoms with Crippen LogP contribution in [0.15, 0.2) is 23.8 Å². The Kier molecular flexibility index (Phi) is 3.24. The van der Waals surface area contributed by atoms with Gasteiger partial charge in [0.25, 0.3) is 0 Å². The van der Waals surface area contributed by atoms with E-state index in [1.807, 2.05) is 0 Å². The minimum atomic E-state index is -1.09. The van der Waals surface area contributed by atoms with Gasteiger partial charge in [0.1, 0.15) is 0 Å². The molecule has 6 nitrogen and oxygen atoms in total. The smallest absolute Gasteiger partial charge is 0.331 e. The third-order valence-electron chi connectivity index (χ3n) is 1.92. The Morgan fingerprint density at radius 2 is 2.12 bits per heavy atom. The lowest BCUT2D eigenvalue weighted by Gasteiger charge is -1.98. The zero-order valence-electron chi connectivity index (χ0n) is 8.38. The van der Waals surface area contributed by atoms with E-state index in [9.17, 15) is 20.0 Å². The topological polar surface area (TPSA) is 101 Å². The van der Waals surface area contributed by atoms with Crippen LogP contribution in [0.5, 0.6) is 5.75 Å². The molecule has 1 aromatic carbocycles. The minimum absolute atomic E-state index is 0.0771. The average molecular weight is 223 g/mol. The van der Waals surface area contributed by atoms with Crippen molar-refractivity contribution in [1.82, 2.24) is 0 Å². The Labute approximate surface area is 90.6 Å². The minimum Gasteiger partial charge on any atom is -0.502 e. The molecule has 0 aliphatic rings. The maximum atomic E-state index is 10.5. The molecule has 84 valence electrons. The van der Waals surface area contributed by atoms with Gasteiger partial charge in [-0.25, -0.2) is 4.79 Å². The van der Waals surface area contributed by atoms with Crippen LogP contribution in [0.3, 0.4) is 0 Å². The summed E-state index contributed by atoms with van der Waals surface area (Å²) in [7, 11) is 0. The maximum Gasteiger partial charge on any atom is 0.331 e. The summed E-state index contributed by atoms with van der Waals surface area (Å²) in [6, 6.07) is 3.63. The van der Waals surface area contributed by atoms with E-state index in [1.54, 1.807) is 0 Å². The number of carboxylic acids is 1. The standard InChI is InChI=1S/C10H9NO5/c1-6(10(13)14)4-7-2-3-8(11(15)16)9(12)5-7/h2-5,12H,1H3,(H,13,14)/b6-4+. The normalized spacial score (nSPS) is 11.2. The molecule has 1 aromatic rings. The number of benzene rings is 1. The summed E-state index contributed by atoms with van der Waals surface area (Å²) in [5, 5.41) is 28.3. The summed E-state index contributed by atoms with van der Waals surface area (Å²) >= 11 is 0. The number of nitro benzene ring substituents is 1. The lowest BCUT2D eigenvalue weighted by molar-refractivity contribution is -0.385. The largest absolute Gasteiger partial charge is 0.502 e. The first-order valence-electron chi connectivity index (χ1n) is 4.31. The second-order valence-electron chi connectivity index (χ2n) is 3.14. The van der Waals surface area contributed by atoms with Crippen molar-refractivity contribution in [3.05, 3.63) is 39.4 Å². The Morgan fingerprint density at radius 3 is 2.56 bits per heavy atom. The summed E-state index contributed by atoms with van der Waals surface area (Å²) in [5.74, 6) is -1.57. The van der Waals surface area contributed by atoms with Crippen LogP contribution in [-0.4, -0.2) is 21.1 Å². The third-order valence-corrected chi connectivity index (χ3v) is 1.92. The van der Waals surface area contributed by atoms with Gasteiger partial charge in [0.2, 0.25) is 0 Å². The van der Waals surface area contributed by atoms with Gasteiger partial charge in [-0.05, 0) is 30.7 Å². The van der Waals surface area contributed by atoms with Crippen molar-refractivity contribution in [2.24, 2.45) is 0 Å².